The summed E-state index contributed by atoms with van der Waals surface area (Å²) in [4.78, 5) is 17.1. The van der Waals surface area contributed by atoms with Gasteiger partial charge in [-0.15, -0.1) is 0 Å². The Balaban J connectivity index is 1.51. The largest absolute Gasteiger partial charge is 0.379 e. The summed E-state index contributed by atoms with van der Waals surface area (Å²) in [6.45, 7) is 11.4. The molecule has 4 rings (SSSR count). The second-order valence-electron chi connectivity index (χ2n) is 7.36. The number of hydrogen-bond acceptors (Lipinski definition) is 7. The highest BCUT2D eigenvalue weighted by Crippen LogP contribution is 2.24. The number of anilines is 2. The molecule has 7 nitrogen and oxygen atoms in total. The van der Waals surface area contributed by atoms with Crippen molar-refractivity contribution in [3.05, 3.63) is 11.8 Å². The van der Waals surface area contributed by atoms with Gasteiger partial charge in [-0.1, -0.05) is 6.92 Å². The van der Waals surface area contributed by atoms with E-state index in [0.29, 0.717) is 6.04 Å². The predicted octanol–water partition coefficient (Wildman–Crippen LogP) is 1.18. The molecule has 26 heavy (non-hydrogen) atoms. The molecule has 3 aliphatic heterocycles. The molecule has 3 saturated heterocycles. The van der Waals surface area contributed by atoms with Gasteiger partial charge in [0.2, 0.25) is 5.95 Å². The number of rotatable bonds is 4. The van der Waals surface area contributed by atoms with Gasteiger partial charge in [-0.05, 0) is 19.3 Å². The highest BCUT2D eigenvalue weighted by atomic mass is 16.5. The third kappa shape index (κ3) is 4.10. The summed E-state index contributed by atoms with van der Waals surface area (Å²) in [6.07, 6.45) is 3.44. The van der Waals surface area contributed by atoms with Gasteiger partial charge < -0.3 is 19.3 Å². The molecule has 1 atom stereocenters. The van der Waals surface area contributed by atoms with Gasteiger partial charge in [-0.3, -0.25) is 4.90 Å². The molecule has 0 spiro atoms. The van der Waals surface area contributed by atoms with Gasteiger partial charge in [-0.25, -0.2) is 4.98 Å². The minimum atomic E-state index is 0.611. The smallest absolute Gasteiger partial charge is 0.227 e. The first-order valence-corrected chi connectivity index (χ1v) is 10.1. The van der Waals surface area contributed by atoms with Gasteiger partial charge in [-0.2, -0.15) is 4.98 Å². The Hall–Kier alpha value is -1.44. The maximum absolute atomic E-state index is 5.52. The Morgan fingerprint density at radius 1 is 0.962 bits per heavy atom. The van der Waals surface area contributed by atoms with Crippen LogP contribution in [-0.2, 0) is 15.9 Å². The van der Waals surface area contributed by atoms with Gasteiger partial charge in [0.1, 0.15) is 5.82 Å². The summed E-state index contributed by atoms with van der Waals surface area (Å²) >= 11 is 0. The maximum atomic E-state index is 5.52. The van der Waals surface area contributed by atoms with E-state index in [0.717, 1.165) is 89.6 Å². The summed E-state index contributed by atoms with van der Waals surface area (Å²) < 4.78 is 11.0. The zero-order chi connectivity index (χ0) is 17.8. The number of nitrogens with zero attached hydrogens (tertiary/aromatic N) is 5. The van der Waals surface area contributed by atoms with Gasteiger partial charge in [0, 0.05) is 57.1 Å². The van der Waals surface area contributed by atoms with Crippen molar-refractivity contribution in [1.29, 1.82) is 0 Å². The Morgan fingerprint density at radius 3 is 2.42 bits per heavy atom. The molecular weight excluding hydrogens is 330 g/mol. The second kappa shape index (κ2) is 8.50. The number of piperidine rings is 1. The number of aromatic nitrogens is 2. The molecule has 1 unspecified atom stereocenters. The lowest BCUT2D eigenvalue weighted by atomic mass is 10.0. The van der Waals surface area contributed by atoms with E-state index >= 15 is 0 Å². The first kappa shape index (κ1) is 17.9. The molecule has 0 N–H and O–H groups in total. The molecule has 1 aromatic heterocycles. The van der Waals surface area contributed by atoms with Crippen LogP contribution in [0.5, 0.6) is 0 Å². The monoisotopic (exact) mass is 361 g/mol. The zero-order valence-electron chi connectivity index (χ0n) is 15.9. The average Bonchev–Trinajstić information content (AvgIpc) is 2.75. The summed E-state index contributed by atoms with van der Waals surface area (Å²) in [7, 11) is 0. The lowest BCUT2D eigenvalue weighted by Crippen LogP contribution is -2.51. The third-order valence-corrected chi connectivity index (χ3v) is 5.69. The Morgan fingerprint density at radius 2 is 1.69 bits per heavy atom. The fourth-order valence-electron chi connectivity index (χ4n) is 4.12. The number of morpholine rings is 2. The van der Waals surface area contributed by atoms with Crippen molar-refractivity contribution >= 4 is 11.8 Å². The van der Waals surface area contributed by atoms with Gasteiger partial charge >= 0.3 is 0 Å². The Bertz CT molecular complexity index is 587. The van der Waals surface area contributed by atoms with Crippen LogP contribution in [0.4, 0.5) is 11.8 Å². The first-order valence-electron chi connectivity index (χ1n) is 10.1. The molecule has 0 bridgehead atoms. The minimum Gasteiger partial charge on any atom is -0.379 e. The summed E-state index contributed by atoms with van der Waals surface area (Å²) in [6, 6.07) is 2.80. The second-order valence-corrected chi connectivity index (χ2v) is 7.36. The van der Waals surface area contributed by atoms with E-state index in [2.05, 4.69) is 27.7 Å². The van der Waals surface area contributed by atoms with Crippen LogP contribution in [-0.4, -0.2) is 86.6 Å². The molecule has 7 heteroatoms. The molecule has 0 aromatic carbocycles. The van der Waals surface area contributed by atoms with Crippen LogP contribution in [0.2, 0.25) is 0 Å². The van der Waals surface area contributed by atoms with Crippen molar-refractivity contribution < 1.29 is 9.47 Å². The van der Waals surface area contributed by atoms with E-state index in [-0.39, 0.29) is 0 Å². The molecule has 0 saturated carbocycles. The molecule has 0 radical (unpaired) electrons. The van der Waals surface area contributed by atoms with Crippen LogP contribution in [0.1, 0.15) is 25.5 Å². The lowest BCUT2D eigenvalue weighted by Gasteiger charge is -2.41. The molecule has 0 aliphatic carbocycles. The topological polar surface area (TPSA) is 54.0 Å². The van der Waals surface area contributed by atoms with E-state index in [9.17, 15) is 0 Å². The van der Waals surface area contributed by atoms with Crippen LogP contribution in [0, 0.1) is 0 Å². The molecule has 0 amide bonds. The highest BCUT2D eigenvalue weighted by Gasteiger charge is 2.28. The van der Waals surface area contributed by atoms with Crippen molar-refractivity contribution in [1.82, 2.24) is 14.9 Å². The van der Waals surface area contributed by atoms with E-state index in [1.165, 1.54) is 12.8 Å². The molecule has 1 aromatic rings. The Kier molecular flexibility index (Phi) is 5.87. The SMILES string of the molecule is CCc1cc(N2CCCC(N3CCOCC3)C2)nc(N2CCOCC2)n1. The molecule has 3 fully saturated rings. The van der Waals surface area contributed by atoms with Crippen LogP contribution in [0.25, 0.3) is 0 Å². The fourth-order valence-corrected chi connectivity index (χ4v) is 4.12. The van der Waals surface area contributed by atoms with Crippen LogP contribution >= 0.6 is 0 Å². The van der Waals surface area contributed by atoms with Gasteiger partial charge in [0.05, 0.1) is 26.4 Å². The minimum absolute atomic E-state index is 0.611. The summed E-state index contributed by atoms with van der Waals surface area (Å²) in [5.41, 5.74) is 1.13. The number of hydrogen-bond donors (Lipinski definition) is 0. The number of ether oxygens (including phenoxy) is 2. The number of aryl methyl sites for hydroxylation is 1. The normalized spacial score (nSPS) is 25.5. The van der Waals surface area contributed by atoms with Gasteiger partial charge in [0.25, 0.3) is 0 Å². The van der Waals surface area contributed by atoms with Crippen molar-refractivity contribution in [2.24, 2.45) is 0 Å². The van der Waals surface area contributed by atoms with Crippen molar-refractivity contribution in [2.75, 3.05) is 75.5 Å². The predicted molar refractivity (Wildman–Crippen MR) is 102 cm³/mol. The molecule has 4 heterocycles. The van der Waals surface area contributed by atoms with E-state index in [1.807, 2.05) is 0 Å². The standard InChI is InChI=1S/C19H31N5O2/c1-2-16-14-18(21-19(20-16)23-8-12-26-13-9-23)24-5-3-4-17(15-24)22-6-10-25-11-7-22/h14,17H,2-13,15H2,1H3. The maximum Gasteiger partial charge on any atom is 0.227 e. The van der Waals surface area contributed by atoms with Gasteiger partial charge in [0.15, 0.2) is 0 Å². The van der Waals surface area contributed by atoms with Crippen molar-refractivity contribution in [3.63, 3.8) is 0 Å². The van der Waals surface area contributed by atoms with E-state index < -0.39 is 0 Å². The molecular formula is C19H31N5O2. The summed E-state index contributed by atoms with van der Waals surface area (Å²) in [5.74, 6) is 1.97. The first-order chi connectivity index (χ1) is 12.8. The summed E-state index contributed by atoms with van der Waals surface area (Å²) in [5, 5.41) is 0. The third-order valence-electron chi connectivity index (χ3n) is 5.69. The van der Waals surface area contributed by atoms with Crippen molar-refractivity contribution in [2.45, 2.75) is 32.2 Å². The van der Waals surface area contributed by atoms with Crippen LogP contribution < -0.4 is 9.80 Å². The Labute approximate surface area is 156 Å². The van der Waals surface area contributed by atoms with Crippen LogP contribution in [0.3, 0.4) is 0 Å². The quantitative estimate of drug-likeness (QED) is 0.798. The van der Waals surface area contributed by atoms with Crippen LogP contribution in [0.15, 0.2) is 6.07 Å². The highest BCUT2D eigenvalue weighted by molar-refractivity contribution is 5.47. The van der Waals surface area contributed by atoms with E-state index in [4.69, 9.17) is 19.4 Å². The average molecular weight is 361 g/mol. The molecule has 3 aliphatic rings. The lowest BCUT2D eigenvalue weighted by molar-refractivity contribution is 0.0137. The molecule has 144 valence electrons. The zero-order valence-corrected chi connectivity index (χ0v) is 15.9. The fraction of sp³-hybridized carbons (Fsp3) is 0.789. The van der Waals surface area contributed by atoms with Crippen molar-refractivity contribution in [3.8, 4) is 0 Å². The van der Waals surface area contributed by atoms with E-state index in [1.54, 1.807) is 0 Å².